The maximum absolute atomic E-state index is 4.60. The fourth-order valence-corrected chi connectivity index (χ4v) is 3.08. The molecule has 82 valence electrons. The summed E-state index contributed by atoms with van der Waals surface area (Å²) in [5, 5.41) is 3.36. The Morgan fingerprint density at radius 2 is 2.06 bits per heavy atom. The normalized spacial score (nSPS) is 23.1. The molecule has 3 rings (SSSR count). The van der Waals surface area contributed by atoms with Crippen molar-refractivity contribution in [1.29, 1.82) is 0 Å². The topological polar surface area (TPSA) is 15.6 Å². The molecule has 0 bridgehead atoms. The van der Waals surface area contributed by atoms with E-state index < -0.39 is 0 Å². The summed E-state index contributed by atoms with van der Waals surface area (Å²) in [6.07, 6.45) is 0. The van der Waals surface area contributed by atoms with Crippen LogP contribution >= 0.6 is 11.8 Å². The van der Waals surface area contributed by atoms with Gasteiger partial charge in [-0.3, -0.25) is 4.99 Å². The lowest BCUT2D eigenvalue weighted by Gasteiger charge is -2.17. The zero-order valence-corrected chi connectivity index (χ0v) is 10.3. The van der Waals surface area contributed by atoms with Crippen LogP contribution < -0.4 is 0 Å². The lowest BCUT2D eigenvalue weighted by molar-refractivity contribution is 0.585. The number of rotatable bonds is 1. The second-order valence-corrected chi connectivity index (χ2v) is 5.19. The van der Waals surface area contributed by atoms with Gasteiger partial charge in [-0.25, -0.2) is 0 Å². The first kappa shape index (κ1) is 9.97. The number of hydrogen-bond acceptors (Lipinski definition) is 3. The Hall–Kier alpha value is -1.22. The molecule has 0 unspecified atom stereocenters. The Bertz CT molecular complexity index is 473. The molecule has 0 aromatic heterocycles. The highest BCUT2D eigenvalue weighted by molar-refractivity contribution is 8.16. The number of nitrogens with zero attached hydrogens (tertiary/aromatic N) is 2. The van der Waals surface area contributed by atoms with Gasteiger partial charge in [-0.15, -0.1) is 0 Å². The predicted molar refractivity (Wildman–Crippen MR) is 70.4 cm³/mol. The van der Waals surface area contributed by atoms with Gasteiger partial charge in [0, 0.05) is 12.0 Å². The molecule has 1 aromatic carbocycles. The molecule has 3 heteroatoms. The molecule has 0 amide bonds. The van der Waals surface area contributed by atoms with Crippen molar-refractivity contribution >= 4 is 22.6 Å². The molecule has 0 aliphatic carbocycles. The molecule has 0 fully saturated rings. The van der Waals surface area contributed by atoms with Crippen LogP contribution in [0.5, 0.6) is 0 Å². The van der Waals surface area contributed by atoms with E-state index >= 15 is 0 Å². The van der Waals surface area contributed by atoms with Gasteiger partial charge in [0.1, 0.15) is 0 Å². The van der Waals surface area contributed by atoms with Crippen molar-refractivity contribution in [2.45, 2.75) is 19.9 Å². The highest BCUT2D eigenvalue weighted by Gasteiger charge is 2.30. The Balaban J connectivity index is 1.92. The van der Waals surface area contributed by atoms with Gasteiger partial charge in [-0.05, 0) is 19.4 Å². The SMILES string of the molecule is Cc1ccc(C2=CSC3=N[C@@H](C)CN23)cc1. The van der Waals surface area contributed by atoms with Gasteiger partial charge in [0.2, 0.25) is 0 Å². The number of aryl methyl sites for hydroxylation is 1. The van der Waals surface area contributed by atoms with Crippen molar-refractivity contribution in [3.05, 3.63) is 40.8 Å². The van der Waals surface area contributed by atoms with Crippen molar-refractivity contribution in [1.82, 2.24) is 4.90 Å². The van der Waals surface area contributed by atoms with Gasteiger partial charge in [0.15, 0.2) is 5.17 Å². The second kappa shape index (κ2) is 3.67. The predicted octanol–water partition coefficient (Wildman–Crippen LogP) is 3.10. The fourth-order valence-electron chi connectivity index (χ4n) is 2.06. The zero-order chi connectivity index (χ0) is 11.1. The number of amidine groups is 1. The van der Waals surface area contributed by atoms with Crippen molar-refractivity contribution in [3.63, 3.8) is 0 Å². The van der Waals surface area contributed by atoms with Gasteiger partial charge in [-0.1, -0.05) is 41.6 Å². The number of hydrogen-bond donors (Lipinski definition) is 0. The lowest BCUT2D eigenvalue weighted by atomic mass is 10.1. The molecule has 16 heavy (non-hydrogen) atoms. The molecule has 0 radical (unpaired) electrons. The van der Waals surface area contributed by atoms with Gasteiger partial charge in [0.05, 0.1) is 11.7 Å². The number of fused-ring (bicyclic) bond motifs is 1. The van der Waals surface area contributed by atoms with E-state index in [-0.39, 0.29) is 0 Å². The molecular formula is C13H14N2S. The number of benzene rings is 1. The standard InChI is InChI=1S/C13H14N2S/c1-9-3-5-11(6-4-9)12-8-16-13-14-10(2)7-15(12)13/h3-6,8,10H,7H2,1-2H3/t10-/m0/s1. The average molecular weight is 230 g/mol. The van der Waals surface area contributed by atoms with Crippen LogP contribution in [0.25, 0.3) is 5.70 Å². The molecule has 2 aliphatic heterocycles. The van der Waals surface area contributed by atoms with Crippen LogP contribution in [0.3, 0.4) is 0 Å². The number of thioether (sulfide) groups is 1. The zero-order valence-electron chi connectivity index (χ0n) is 9.47. The van der Waals surface area contributed by atoms with Crippen molar-refractivity contribution in [3.8, 4) is 0 Å². The Kier molecular flexibility index (Phi) is 2.28. The van der Waals surface area contributed by atoms with Crippen molar-refractivity contribution in [2.24, 2.45) is 4.99 Å². The quantitative estimate of drug-likeness (QED) is 0.736. The first-order valence-corrected chi connectivity index (χ1v) is 6.41. The third kappa shape index (κ3) is 1.55. The van der Waals surface area contributed by atoms with E-state index in [1.165, 1.54) is 16.8 Å². The van der Waals surface area contributed by atoms with Crippen molar-refractivity contribution in [2.75, 3.05) is 6.54 Å². The van der Waals surface area contributed by atoms with E-state index in [0.717, 1.165) is 11.7 Å². The molecule has 0 saturated carbocycles. The first-order chi connectivity index (χ1) is 7.74. The van der Waals surface area contributed by atoms with Crippen LogP contribution in [0.1, 0.15) is 18.1 Å². The van der Waals surface area contributed by atoms with Crippen LogP contribution in [0.2, 0.25) is 0 Å². The third-order valence-corrected chi connectivity index (χ3v) is 3.80. The molecular weight excluding hydrogens is 216 g/mol. The van der Waals surface area contributed by atoms with Crippen LogP contribution in [-0.2, 0) is 0 Å². The van der Waals surface area contributed by atoms with Crippen molar-refractivity contribution < 1.29 is 0 Å². The van der Waals surface area contributed by atoms with Gasteiger partial charge < -0.3 is 4.90 Å². The molecule has 2 aliphatic rings. The van der Waals surface area contributed by atoms with E-state index in [2.05, 4.69) is 53.4 Å². The molecule has 1 aromatic rings. The fraction of sp³-hybridized carbons (Fsp3) is 0.308. The van der Waals surface area contributed by atoms with E-state index in [1.54, 1.807) is 11.8 Å². The first-order valence-electron chi connectivity index (χ1n) is 5.53. The van der Waals surface area contributed by atoms with Crippen LogP contribution in [-0.4, -0.2) is 22.7 Å². The van der Waals surface area contributed by atoms with Crippen LogP contribution in [0.15, 0.2) is 34.7 Å². The van der Waals surface area contributed by atoms with Crippen LogP contribution in [0.4, 0.5) is 0 Å². The Morgan fingerprint density at radius 3 is 2.81 bits per heavy atom. The second-order valence-electron chi connectivity index (χ2n) is 4.36. The monoisotopic (exact) mass is 230 g/mol. The van der Waals surface area contributed by atoms with E-state index in [1.807, 2.05) is 0 Å². The number of aliphatic imine (C=N–C) groups is 1. The highest BCUT2D eigenvalue weighted by atomic mass is 32.2. The molecule has 0 N–H and O–H groups in total. The lowest BCUT2D eigenvalue weighted by Crippen LogP contribution is -2.22. The van der Waals surface area contributed by atoms with Crippen LogP contribution in [0, 0.1) is 6.92 Å². The molecule has 2 heterocycles. The Labute approximate surface area is 100 Å². The smallest absolute Gasteiger partial charge is 0.168 e. The van der Waals surface area contributed by atoms with Gasteiger partial charge >= 0.3 is 0 Å². The summed E-state index contributed by atoms with van der Waals surface area (Å²) in [6, 6.07) is 9.13. The minimum Gasteiger partial charge on any atom is -0.318 e. The Morgan fingerprint density at radius 1 is 1.31 bits per heavy atom. The minimum absolute atomic E-state index is 0.427. The maximum atomic E-state index is 4.60. The summed E-state index contributed by atoms with van der Waals surface area (Å²) in [7, 11) is 0. The minimum atomic E-state index is 0.427. The summed E-state index contributed by atoms with van der Waals surface area (Å²) < 4.78 is 0. The third-order valence-electron chi connectivity index (χ3n) is 2.92. The summed E-state index contributed by atoms with van der Waals surface area (Å²) in [4.78, 5) is 6.92. The summed E-state index contributed by atoms with van der Waals surface area (Å²) in [5.41, 5.74) is 3.89. The highest BCUT2D eigenvalue weighted by Crippen LogP contribution is 2.36. The van der Waals surface area contributed by atoms with E-state index in [4.69, 9.17) is 0 Å². The van der Waals surface area contributed by atoms with Gasteiger partial charge in [0.25, 0.3) is 0 Å². The molecule has 1 atom stereocenters. The molecule has 0 saturated heterocycles. The summed E-state index contributed by atoms with van der Waals surface area (Å²) in [5.74, 6) is 0. The van der Waals surface area contributed by atoms with Gasteiger partial charge in [-0.2, -0.15) is 0 Å². The maximum Gasteiger partial charge on any atom is 0.168 e. The van der Waals surface area contributed by atoms with E-state index in [0.29, 0.717) is 6.04 Å². The average Bonchev–Trinajstić information content (AvgIpc) is 2.78. The molecule has 0 spiro atoms. The van der Waals surface area contributed by atoms with E-state index in [9.17, 15) is 0 Å². The largest absolute Gasteiger partial charge is 0.318 e. The summed E-state index contributed by atoms with van der Waals surface area (Å²) >= 11 is 1.74. The molecule has 2 nitrogen and oxygen atoms in total. The summed E-state index contributed by atoms with van der Waals surface area (Å²) in [6.45, 7) is 5.30.